The first-order valence-corrected chi connectivity index (χ1v) is 5.36. The van der Waals surface area contributed by atoms with Crippen LogP contribution in [0.5, 0.6) is 5.75 Å². The third-order valence-electron chi connectivity index (χ3n) is 2.71. The molecule has 16 heavy (non-hydrogen) atoms. The van der Waals surface area contributed by atoms with Crippen molar-refractivity contribution in [3.63, 3.8) is 0 Å². The Kier molecular flexibility index (Phi) is 2.60. The fourth-order valence-electron chi connectivity index (χ4n) is 1.84. The highest BCUT2D eigenvalue weighted by Crippen LogP contribution is 2.34. The molecule has 0 aliphatic heterocycles. The SMILES string of the molecule is CC(C)n1ccc(-c2ccccc2O)c1N. The van der Waals surface area contributed by atoms with Crippen LogP contribution in [0, 0.1) is 0 Å². The summed E-state index contributed by atoms with van der Waals surface area (Å²) >= 11 is 0. The lowest BCUT2D eigenvalue weighted by Crippen LogP contribution is -2.04. The number of aromatic nitrogens is 1. The van der Waals surface area contributed by atoms with Gasteiger partial charge in [0.1, 0.15) is 11.6 Å². The molecule has 1 aromatic heterocycles. The van der Waals surface area contributed by atoms with Crippen LogP contribution in [-0.4, -0.2) is 9.67 Å². The van der Waals surface area contributed by atoms with E-state index in [0.29, 0.717) is 11.9 Å². The van der Waals surface area contributed by atoms with E-state index >= 15 is 0 Å². The monoisotopic (exact) mass is 216 g/mol. The fourth-order valence-corrected chi connectivity index (χ4v) is 1.84. The number of nitrogens with two attached hydrogens (primary N) is 1. The van der Waals surface area contributed by atoms with E-state index in [-0.39, 0.29) is 5.75 Å². The molecule has 0 saturated carbocycles. The molecule has 0 atom stereocenters. The minimum absolute atomic E-state index is 0.260. The molecular formula is C13H16N2O. The maximum Gasteiger partial charge on any atom is 0.123 e. The van der Waals surface area contributed by atoms with Crippen LogP contribution < -0.4 is 5.73 Å². The van der Waals surface area contributed by atoms with Gasteiger partial charge in [-0.25, -0.2) is 0 Å². The van der Waals surface area contributed by atoms with Gasteiger partial charge in [0.25, 0.3) is 0 Å². The van der Waals surface area contributed by atoms with Crippen molar-refractivity contribution in [1.29, 1.82) is 0 Å². The fraction of sp³-hybridized carbons (Fsp3) is 0.231. The van der Waals surface area contributed by atoms with Gasteiger partial charge in [-0.1, -0.05) is 18.2 Å². The summed E-state index contributed by atoms with van der Waals surface area (Å²) in [6.07, 6.45) is 1.95. The van der Waals surface area contributed by atoms with Gasteiger partial charge < -0.3 is 15.4 Å². The summed E-state index contributed by atoms with van der Waals surface area (Å²) in [7, 11) is 0. The molecule has 0 aliphatic rings. The summed E-state index contributed by atoms with van der Waals surface area (Å²) in [5.41, 5.74) is 7.72. The van der Waals surface area contributed by atoms with E-state index < -0.39 is 0 Å². The second kappa shape index (κ2) is 3.93. The molecule has 3 N–H and O–H groups in total. The Bertz CT molecular complexity index is 500. The molecule has 0 aliphatic carbocycles. The highest BCUT2D eigenvalue weighted by molar-refractivity contribution is 5.79. The second-order valence-electron chi connectivity index (χ2n) is 4.13. The topological polar surface area (TPSA) is 51.2 Å². The van der Waals surface area contributed by atoms with Crippen LogP contribution in [0.25, 0.3) is 11.1 Å². The van der Waals surface area contributed by atoms with Crippen molar-refractivity contribution in [1.82, 2.24) is 4.57 Å². The third-order valence-corrected chi connectivity index (χ3v) is 2.71. The number of nitrogens with zero attached hydrogens (tertiary/aromatic N) is 1. The number of aromatic hydroxyl groups is 1. The minimum Gasteiger partial charge on any atom is -0.507 e. The van der Waals surface area contributed by atoms with Crippen LogP contribution in [0.15, 0.2) is 36.5 Å². The van der Waals surface area contributed by atoms with Gasteiger partial charge in [-0.2, -0.15) is 0 Å². The van der Waals surface area contributed by atoms with Gasteiger partial charge >= 0.3 is 0 Å². The standard InChI is InChI=1S/C13H16N2O/c1-9(2)15-8-7-11(13(15)14)10-5-3-4-6-12(10)16/h3-9,16H,14H2,1-2H3. The highest BCUT2D eigenvalue weighted by Gasteiger charge is 2.12. The van der Waals surface area contributed by atoms with Crippen molar-refractivity contribution >= 4 is 5.82 Å². The van der Waals surface area contributed by atoms with Crippen LogP contribution >= 0.6 is 0 Å². The van der Waals surface area contributed by atoms with Crippen molar-refractivity contribution in [2.45, 2.75) is 19.9 Å². The summed E-state index contributed by atoms with van der Waals surface area (Å²) in [5.74, 6) is 0.951. The van der Waals surface area contributed by atoms with Crippen LogP contribution in [0.2, 0.25) is 0 Å². The molecule has 84 valence electrons. The van der Waals surface area contributed by atoms with Gasteiger partial charge in [0.05, 0.1) is 0 Å². The average Bonchev–Trinajstić information content (AvgIpc) is 2.61. The normalized spacial score (nSPS) is 10.9. The Morgan fingerprint density at radius 2 is 1.81 bits per heavy atom. The molecule has 0 unspecified atom stereocenters. The number of anilines is 1. The number of hydrogen-bond donors (Lipinski definition) is 2. The van der Waals surface area contributed by atoms with E-state index in [2.05, 4.69) is 13.8 Å². The Labute approximate surface area is 95.1 Å². The molecule has 2 aromatic rings. The zero-order valence-electron chi connectivity index (χ0n) is 9.51. The molecule has 0 bridgehead atoms. The first-order valence-electron chi connectivity index (χ1n) is 5.36. The average molecular weight is 216 g/mol. The lowest BCUT2D eigenvalue weighted by atomic mass is 10.1. The highest BCUT2D eigenvalue weighted by atomic mass is 16.3. The Morgan fingerprint density at radius 1 is 1.12 bits per heavy atom. The molecular weight excluding hydrogens is 200 g/mol. The predicted molar refractivity (Wildman–Crippen MR) is 66.3 cm³/mol. The predicted octanol–water partition coefficient (Wildman–Crippen LogP) is 3.02. The quantitative estimate of drug-likeness (QED) is 0.810. The van der Waals surface area contributed by atoms with Gasteiger partial charge in [0.2, 0.25) is 0 Å². The molecule has 1 heterocycles. The van der Waals surface area contributed by atoms with E-state index in [9.17, 15) is 5.11 Å². The smallest absolute Gasteiger partial charge is 0.123 e. The lowest BCUT2D eigenvalue weighted by Gasteiger charge is -2.11. The van der Waals surface area contributed by atoms with Crippen molar-refractivity contribution < 1.29 is 5.11 Å². The molecule has 0 amide bonds. The van der Waals surface area contributed by atoms with E-state index in [1.807, 2.05) is 29.0 Å². The van der Waals surface area contributed by atoms with Crippen LogP contribution in [0.4, 0.5) is 5.82 Å². The summed E-state index contributed by atoms with van der Waals surface area (Å²) in [5, 5.41) is 9.77. The number of benzene rings is 1. The van der Waals surface area contributed by atoms with Gasteiger partial charge in [-0.15, -0.1) is 0 Å². The number of phenols is 1. The molecule has 3 nitrogen and oxygen atoms in total. The summed E-state index contributed by atoms with van der Waals surface area (Å²) in [6, 6.07) is 9.48. The number of para-hydroxylation sites is 1. The van der Waals surface area contributed by atoms with E-state index in [1.54, 1.807) is 12.1 Å². The van der Waals surface area contributed by atoms with Crippen LogP contribution in [0.3, 0.4) is 0 Å². The summed E-state index contributed by atoms with van der Waals surface area (Å²) in [4.78, 5) is 0. The maximum atomic E-state index is 9.77. The third kappa shape index (κ3) is 1.65. The van der Waals surface area contributed by atoms with Crippen molar-refractivity contribution in [2.24, 2.45) is 0 Å². The van der Waals surface area contributed by atoms with Crippen molar-refractivity contribution in [2.75, 3.05) is 5.73 Å². The second-order valence-corrected chi connectivity index (χ2v) is 4.13. The molecule has 0 radical (unpaired) electrons. The van der Waals surface area contributed by atoms with Gasteiger partial charge in [0, 0.05) is 23.4 Å². The molecule has 2 rings (SSSR count). The molecule has 0 saturated heterocycles. The number of nitrogen functional groups attached to an aromatic ring is 1. The number of rotatable bonds is 2. The summed E-state index contributed by atoms with van der Waals surface area (Å²) < 4.78 is 1.99. The number of hydrogen-bond acceptors (Lipinski definition) is 2. The molecule has 3 heteroatoms. The maximum absolute atomic E-state index is 9.77. The summed E-state index contributed by atoms with van der Waals surface area (Å²) in [6.45, 7) is 4.15. The Hall–Kier alpha value is -1.90. The van der Waals surface area contributed by atoms with E-state index in [4.69, 9.17) is 5.73 Å². The Morgan fingerprint density at radius 3 is 2.38 bits per heavy atom. The largest absolute Gasteiger partial charge is 0.507 e. The van der Waals surface area contributed by atoms with Crippen molar-refractivity contribution in [3.8, 4) is 16.9 Å². The first kappa shape index (κ1) is 10.6. The van der Waals surface area contributed by atoms with Gasteiger partial charge in [0.15, 0.2) is 0 Å². The number of phenolic OH excluding ortho intramolecular Hbond substituents is 1. The minimum atomic E-state index is 0.260. The zero-order valence-corrected chi connectivity index (χ0v) is 9.51. The molecule has 1 aromatic carbocycles. The zero-order chi connectivity index (χ0) is 11.7. The van der Waals surface area contributed by atoms with Gasteiger partial charge in [-0.05, 0) is 26.0 Å². The van der Waals surface area contributed by atoms with Crippen LogP contribution in [0.1, 0.15) is 19.9 Å². The van der Waals surface area contributed by atoms with E-state index in [0.717, 1.165) is 11.1 Å². The van der Waals surface area contributed by atoms with Crippen molar-refractivity contribution in [3.05, 3.63) is 36.5 Å². The molecule has 0 fully saturated rings. The molecule has 0 spiro atoms. The lowest BCUT2D eigenvalue weighted by molar-refractivity contribution is 0.477. The van der Waals surface area contributed by atoms with E-state index in [1.165, 1.54) is 0 Å². The Balaban J connectivity index is 2.54. The van der Waals surface area contributed by atoms with Crippen LogP contribution in [-0.2, 0) is 0 Å². The first-order chi connectivity index (χ1) is 7.61. The van der Waals surface area contributed by atoms with Gasteiger partial charge in [-0.3, -0.25) is 0 Å².